The van der Waals surface area contributed by atoms with Crippen molar-refractivity contribution < 1.29 is 0 Å². The van der Waals surface area contributed by atoms with Crippen LogP contribution in [0.3, 0.4) is 0 Å². The summed E-state index contributed by atoms with van der Waals surface area (Å²) >= 11 is 49.6. The second-order valence-corrected chi connectivity index (χ2v) is 7.29. The first-order valence-electron chi connectivity index (χ1n) is 5.51. The van der Waals surface area contributed by atoms with E-state index in [2.05, 4.69) is 12.1 Å². The van der Waals surface area contributed by atoms with Crippen LogP contribution in [0.5, 0.6) is 0 Å². The van der Waals surface area contributed by atoms with E-state index in [9.17, 15) is 0 Å². The molecule has 8 heteroatoms. The Morgan fingerprint density at radius 1 is 0.364 bits per heavy atom. The van der Waals surface area contributed by atoms with Crippen LogP contribution in [0.15, 0.2) is 0 Å². The Morgan fingerprint density at radius 3 is 1.00 bits per heavy atom. The van der Waals surface area contributed by atoms with Crippen molar-refractivity contribution in [3.8, 4) is 0 Å². The van der Waals surface area contributed by atoms with Gasteiger partial charge < -0.3 is 0 Å². The molecule has 0 atom stereocenters. The van der Waals surface area contributed by atoms with E-state index in [0.717, 1.165) is 0 Å². The fraction of sp³-hybridized carbons (Fsp3) is 0. The smallest absolute Gasteiger partial charge is 0.0693 e. The van der Waals surface area contributed by atoms with Crippen molar-refractivity contribution in [1.29, 1.82) is 0 Å². The molecule has 0 saturated heterocycles. The minimum Gasteiger partial charge on any atom is -0.0829 e. The highest BCUT2D eigenvalue weighted by molar-refractivity contribution is 6.59. The Hall–Kier alpha value is 0.500. The largest absolute Gasteiger partial charge is 0.0829 e. The topological polar surface area (TPSA) is 0 Å². The third-order valence-electron chi connectivity index (χ3n) is 3.08. The van der Waals surface area contributed by atoms with Crippen molar-refractivity contribution in [2.75, 3.05) is 0 Å². The van der Waals surface area contributed by atoms with Gasteiger partial charge >= 0.3 is 0 Å². The van der Waals surface area contributed by atoms with Gasteiger partial charge in [-0.2, -0.15) is 0 Å². The summed E-state index contributed by atoms with van der Waals surface area (Å²) in [5.74, 6) is 0. The van der Waals surface area contributed by atoms with Gasteiger partial charge in [-0.1, -0.05) is 92.8 Å². The maximum absolute atomic E-state index is 6.33. The standard InChI is InChI=1S/C14Cl8/c15-3-1-5(17)11(19)9-7(3)8-4(16)2-6(18)12(20)10(8)14(22)13(9)21. The zero-order chi connectivity index (χ0) is 16.3. The zero-order valence-corrected chi connectivity index (χ0v) is 16.1. The fourth-order valence-electron chi connectivity index (χ4n) is 2.19. The van der Waals surface area contributed by atoms with E-state index in [1.54, 1.807) is 0 Å². The summed E-state index contributed by atoms with van der Waals surface area (Å²) < 4.78 is 0. The lowest BCUT2D eigenvalue weighted by Crippen LogP contribution is -1.89. The van der Waals surface area contributed by atoms with E-state index >= 15 is 0 Å². The summed E-state index contributed by atoms with van der Waals surface area (Å²) in [6.07, 6.45) is 0. The highest BCUT2D eigenvalue weighted by Crippen LogP contribution is 2.51. The van der Waals surface area contributed by atoms with Crippen LogP contribution in [-0.2, 0) is 0 Å². The van der Waals surface area contributed by atoms with Crippen molar-refractivity contribution in [3.63, 3.8) is 0 Å². The SMILES string of the molecule is Clc1[c]c(Cl)c2c(c1Cl)c(Cl)c(Cl)c1c(Cl)c(Cl)[c]c(Cl)c12. The normalized spacial score (nSPS) is 11.6. The lowest BCUT2D eigenvalue weighted by Gasteiger charge is -2.15. The van der Waals surface area contributed by atoms with Gasteiger partial charge in [-0.25, -0.2) is 0 Å². The second-order valence-electron chi connectivity index (χ2n) is 4.26. The van der Waals surface area contributed by atoms with Crippen LogP contribution in [0.2, 0.25) is 40.2 Å². The maximum Gasteiger partial charge on any atom is 0.0693 e. The summed E-state index contributed by atoms with van der Waals surface area (Å²) in [5, 5.41) is 2.82. The van der Waals surface area contributed by atoms with Crippen molar-refractivity contribution >= 4 is 114 Å². The van der Waals surface area contributed by atoms with E-state index in [0.29, 0.717) is 21.5 Å². The molecule has 0 nitrogen and oxygen atoms in total. The lowest BCUT2D eigenvalue weighted by molar-refractivity contribution is 1.73. The molecule has 3 aromatic rings. The Kier molecular flexibility index (Phi) is 4.80. The van der Waals surface area contributed by atoms with Gasteiger partial charge in [-0.3, -0.25) is 0 Å². The fourth-order valence-corrected chi connectivity index (χ4v) is 4.36. The van der Waals surface area contributed by atoms with Crippen molar-refractivity contribution in [3.05, 3.63) is 52.3 Å². The van der Waals surface area contributed by atoms with Crippen LogP contribution in [0.25, 0.3) is 21.5 Å². The Morgan fingerprint density at radius 2 is 0.682 bits per heavy atom. The first-order valence-corrected chi connectivity index (χ1v) is 8.54. The Labute approximate surface area is 165 Å². The molecule has 0 fully saturated rings. The first-order chi connectivity index (χ1) is 10.3. The molecule has 22 heavy (non-hydrogen) atoms. The minimum absolute atomic E-state index is 0.122. The van der Waals surface area contributed by atoms with Crippen LogP contribution in [0.1, 0.15) is 0 Å². The van der Waals surface area contributed by atoms with Crippen LogP contribution in [0, 0.1) is 12.1 Å². The summed E-state index contributed by atoms with van der Waals surface area (Å²) in [6, 6.07) is 5.46. The van der Waals surface area contributed by atoms with Gasteiger partial charge in [-0.15, -0.1) is 0 Å². The van der Waals surface area contributed by atoms with Gasteiger partial charge in [0, 0.05) is 33.7 Å². The quantitative estimate of drug-likeness (QED) is 0.236. The molecule has 0 N–H and O–H groups in total. The Balaban J connectivity index is 2.81. The zero-order valence-electron chi connectivity index (χ0n) is 10.0. The molecule has 0 aliphatic rings. The molecule has 3 aromatic carbocycles. The number of fused-ring (bicyclic) bond motifs is 3. The average molecular weight is 452 g/mol. The number of rotatable bonds is 0. The van der Waals surface area contributed by atoms with E-state index in [-0.39, 0.29) is 40.2 Å². The van der Waals surface area contributed by atoms with Crippen molar-refractivity contribution in [2.24, 2.45) is 0 Å². The summed E-state index contributed by atoms with van der Waals surface area (Å²) in [5.41, 5.74) is 0. The van der Waals surface area contributed by atoms with E-state index in [1.807, 2.05) is 0 Å². The van der Waals surface area contributed by atoms with Gasteiger partial charge in [0.1, 0.15) is 0 Å². The minimum atomic E-state index is 0.122. The third-order valence-corrected chi connectivity index (χ3v) is 6.02. The van der Waals surface area contributed by atoms with Crippen LogP contribution in [-0.4, -0.2) is 0 Å². The predicted molar refractivity (Wildman–Crippen MR) is 99.2 cm³/mol. The lowest BCUT2D eigenvalue weighted by atomic mass is 10.0. The molecule has 0 aromatic heterocycles. The van der Waals surface area contributed by atoms with Crippen molar-refractivity contribution in [1.82, 2.24) is 0 Å². The molecule has 0 spiro atoms. The predicted octanol–water partition coefficient (Wildman–Crippen LogP) is 8.82. The molecular weight excluding hydrogens is 452 g/mol. The van der Waals surface area contributed by atoms with Crippen LogP contribution in [0.4, 0.5) is 0 Å². The second kappa shape index (κ2) is 6.10. The third kappa shape index (κ3) is 2.44. The monoisotopic (exact) mass is 448 g/mol. The van der Waals surface area contributed by atoms with E-state index in [4.69, 9.17) is 92.8 Å². The molecule has 0 heterocycles. The number of hydrogen-bond acceptors (Lipinski definition) is 0. The van der Waals surface area contributed by atoms with Crippen molar-refractivity contribution in [2.45, 2.75) is 0 Å². The molecule has 0 amide bonds. The molecule has 0 saturated carbocycles. The molecule has 0 bridgehead atoms. The number of hydrogen-bond donors (Lipinski definition) is 0. The van der Waals surface area contributed by atoms with Crippen LogP contribution >= 0.6 is 92.8 Å². The highest BCUT2D eigenvalue weighted by Gasteiger charge is 2.23. The van der Waals surface area contributed by atoms with Gasteiger partial charge in [-0.05, 0) is 0 Å². The molecular formula is C14Cl8. The molecule has 3 rings (SSSR count). The Bertz CT molecular complexity index is 882. The van der Waals surface area contributed by atoms with Gasteiger partial charge in [0.2, 0.25) is 0 Å². The van der Waals surface area contributed by atoms with E-state index < -0.39 is 0 Å². The van der Waals surface area contributed by atoms with Crippen LogP contribution < -0.4 is 0 Å². The summed E-state index contributed by atoms with van der Waals surface area (Å²) in [6.45, 7) is 0. The van der Waals surface area contributed by atoms with E-state index in [1.165, 1.54) is 0 Å². The molecule has 112 valence electrons. The summed E-state index contributed by atoms with van der Waals surface area (Å²) in [7, 11) is 0. The summed E-state index contributed by atoms with van der Waals surface area (Å²) in [4.78, 5) is 0. The van der Waals surface area contributed by atoms with Gasteiger partial charge in [0.15, 0.2) is 0 Å². The maximum atomic E-state index is 6.33. The molecule has 0 aliphatic heterocycles. The molecule has 2 radical (unpaired) electrons. The average Bonchev–Trinajstić information content (AvgIpc) is 2.44. The number of benzene rings is 3. The molecule has 0 aliphatic carbocycles. The van der Waals surface area contributed by atoms with Gasteiger partial charge in [0.05, 0.1) is 40.2 Å². The highest BCUT2D eigenvalue weighted by atomic mass is 35.5. The number of halogens is 8. The first kappa shape index (κ1) is 17.3. The molecule has 0 unspecified atom stereocenters. The van der Waals surface area contributed by atoms with Gasteiger partial charge in [0.25, 0.3) is 0 Å².